The van der Waals surface area contributed by atoms with Gasteiger partial charge in [0.2, 0.25) is 5.89 Å². The van der Waals surface area contributed by atoms with Crippen LogP contribution in [0.4, 0.5) is 5.69 Å². The molecule has 140 valence electrons. The Morgan fingerprint density at radius 1 is 1.07 bits per heavy atom. The largest absolute Gasteiger partial charge is 0.495 e. The summed E-state index contributed by atoms with van der Waals surface area (Å²) >= 11 is 12.1. The van der Waals surface area contributed by atoms with Crippen LogP contribution in [-0.2, 0) is 0 Å². The molecule has 1 heterocycles. The number of fused-ring (bicyclic) bond motifs is 1. The molecule has 0 spiro atoms. The number of ether oxygens (including phenoxy) is 1. The number of benzene rings is 3. The quantitative estimate of drug-likeness (QED) is 0.442. The van der Waals surface area contributed by atoms with Crippen LogP contribution >= 0.6 is 23.2 Å². The fraction of sp³-hybridized carbons (Fsp3) is 0.0476. The summed E-state index contributed by atoms with van der Waals surface area (Å²) in [7, 11) is 1.56. The van der Waals surface area contributed by atoms with Crippen LogP contribution in [0.2, 0.25) is 10.0 Å². The third-order valence-electron chi connectivity index (χ3n) is 4.13. The number of rotatable bonds is 4. The molecule has 0 radical (unpaired) electrons. The maximum absolute atomic E-state index is 12.4. The number of oxazole rings is 1. The number of hydrogen-bond acceptors (Lipinski definition) is 4. The van der Waals surface area contributed by atoms with Crippen molar-refractivity contribution < 1.29 is 13.9 Å². The van der Waals surface area contributed by atoms with Crippen molar-refractivity contribution in [3.05, 3.63) is 76.3 Å². The average Bonchev–Trinajstić information content (AvgIpc) is 3.11. The highest BCUT2D eigenvalue weighted by molar-refractivity contribution is 6.32. The molecule has 0 bridgehead atoms. The van der Waals surface area contributed by atoms with Gasteiger partial charge in [-0.3, -0.25) is 4.79 Å². The highest BCUT2D eigenvalue weighted by Crippen LogP contribution is 2.32. The normalized spacial score (nSPS) is 10.8. The molecule has 1 N–H and O–H groups in total. The lowest BCUT2D eigenvalue weighted by molar-refractivity contribution is 0.102. The van der Waals surface area contributed by atoms with Gasteiger partial charge in [-0.25, -0.2) is 4.98 Å². The van der Waals surface area contributed by atoms with Gasteiger partial charge >= 0.3 is 0 Å². The number of aromatic nitrogens is 1. The smallest absolute Gasteiger partial charge is 0.255 e. The maximum atomic E-state index is 12.4. The van der Waals surface area contributed by atoms with Gasteiger partial charge in [0.15, 0.2) is 5.58 Å². The fourth-order valence-electron chi connectivity index (χ4n) is 2.76. The number of carbonyl (C=O) groups is 1. The number of nitrogens with one attached hydrogen (secondary N) is 1. The third-order valence-corrected chi connectivity index (χ3v) is 4.66. The first-order valence-electron chi connectivity index (χ1n) is 8.35. The fourth-order valence-corrected chi connectivity index (χ4v) is 3.21. The first-order chi connectivity index (χ1) is 13.5. The van der Waals surface area contributed by atoms with Gasteiger partial charge in [0.1, 0.15) is 11.3 Å². The van der Waals surface area contributed by atoms with E-state index >= 15 is 0 Å². The summed E-state index contributed by atoms with van der Waals surface area (Å²) in [4.78, 5) is 16.9. The van der Waals surface area contributed by atoms with Gasteiger partial charge in [-0.05, 0) is 54.6 Å². The van der Waals surface area contributed by atoms with E-state index in [9.17, 15) is 4.79 Å². The van der Waals surface area contributed by atoms with Crippen molar-refractivity contribution in [1.29, 1.82) is 0 Å². The van der Waals surface area contributed by atoms with Crippen molar-refractivity contribution >= 4 is 45.9 Å². The minimum atomic E-state index is -0.257. The molecular formula is C21H14Cl2N2O3. The van der Waals surface area contributed by atoms with Crippen molar-refractivity contribution in [1.82, 2.24) is 4.98 Å². The summed E-state index contributed by atoms with van der Waals surface area (Å²) in [5, 5.41) is 3.81. The molecule has 0 aliphatic heterocycles. The summed E-state index contributed by atoms with van der Waals surface area (Å²) in [6.45, 7) is 0. The van der Waals surface area contributed by atoms with Crippen LogP contribution in [0.25, 0.3) is 22.6 Å². The molecule has 0 aliphatic rings. The number of anilines is 1. The molecule has 7 heteroatoms. The maximum Gasteiger partial charge on any atom is 0.255 e. The molecule has 0 saturated heterocycles. The SMILES string of the molecule is COc1ccc(-c2nc3cc(NC(=O)c4cccc(Cl)c4)ccc3o2)cc1Cl. The van der Waals surface area contributed by atoms with E-state index in [0.29, 0.717) is 44.0 Å². The Bertz CT molecular complexity index is 1190. The molecule has 3 aromatic carbocycles. The van der Waals surface area contributed by atoms with Gasteiger partial charge in [-0.15, -0.1) is 0 Å². The molecule has 0 unspecified atom stereocenters. The number of amides is 1. The monoisotopic (exact) mass is 412 g/mol. The minimum absolute atomic E-state index is 0.257. The van der Waals surface area contributed by atoms with Gasteiger partial charge in [-0.2, -0.15) is 0 Å². The van der Waals surface area contributed by atoms with Crippen LogP contribution in [0.15, 0.2) is 65.1 Å². The number of hydrogen-bond donors (Lipinski definition) is 1. The zero-order valence-corrected chi connectivity index (χ0v) is 16.2. The molecule has 4 rings (SSSR count). The molecule has 0 fully saturated rings. The predicted octanol–water partition coefficient (Wildman–Crippen LogP) is 6.06. The Morgan fingerprint density at radius 3 is 2.68 bits per heavy atom. The van der Waals surface area contributed by atoms with Crippen molar-refractivity contribution in [2.75, 3.05) is 12.4 Å². The molecular weight excluding hydrogens is 399 g/mol. The van der Waals surface area contributed by atoms with Gasteiger partial charge in [0, 0.05) is 21.8 Å². The number of methoxy groups -OCH3 is 1. The minimum Gasteiger partial charge on any atom is -0.495 e. The lowest BCUT2D eigenvalue weighted by Crippen LogP contribution is -2.11. The Hall–Kier alpha value is -3.02. The molecule has 28 heavy (non-hydrogen) atoms. The third kappa shape index (κ3) is 3.67. The lowest BCUT2D eigenvalue weighted by atomic mass is 10.2. The first-order valence-corrected chi connectivity index (χ1v) is 9.10. The second-order valence-electron chi connectivity index (χ2n) is 6.02. The summed E-state index contributed by atoms with van der Waals surface area (Å²) in [5.41, 5.74) is 3.02. The highest BCUT2D eigenvalue weighted by Gasteiger charge is 2.12. The van der Waals surface area contributed by atoms with Gasteiger partial charge in [-0.1, -0.05) is 29.3 Å². The lowest BCUT2D eigenvalue weighted by Gasteiger charge is -2.05. The van der Waals surface area contributed by atoms with E-state index in [1.807, 2.05) is 6.07 Å². The predicted molar refractivity (Wildman–Crippen MR) is 110 cm³/mol. The Balaban J connectivity index is 1.61. The average molecular weight is 413 g/mol. The van der Waals surface area contributed by atoms with Gasteiger partial charge in [0.25, 0.3) is 5.91 Å². The van der Waals surface area contributed by atoms with E-state index in [-0.39, 0.29) is 5.91 Å². The van der Waals surface area contributed by atoms with Crippen molar-refractivity contribution in [2.24, 2.45) is 0 Å². The van der Waals surface area contributed by atoms with Crippen LogP contribution in [0.1, 0.15) is 10.4 Å². The van der Waals surface area contributed by atoms with Crippen molar-refractivity contribution in [2.45, 2.75) is 0 Å². The zero-order valence-electron chi connectivity index (χ0n) is 14.7. The summed E-state index contributed by atoms with van der Waals surface area (Å²) < 4.78 is 11.0. The topological polar surface area (TPSA) is 64.4 Å². The van der Waals surface area contributed by atoms with E-state index in [4.69, 9.17) is 32.4 Å². The first kappa shape index (κ1) is 18.3. The number of carbonyl (C=O) groups excluding carboxylic acids is 1. The van der Waals surface area contributed by atoms with Gasteiger partial charge < -0.3 is 14.5 Å². The standard InChI is InChI=1S/C21H14Cl2N2O3/c1-27-18-7-5-13(10-16(18)23)21-25-17-11-15(6-8-19(17)28-21)24-20(26)12-3-2-4-14(22)9-12/h2-11H,1H3,(H,24,26). The van der Waals surface area contributed by atoms with Crippen LogP contribution in [0, 0.1) is 0 Å². The molecule has 4 aromatic rings. The summed E-state index contributed by atoms with van der Waals surface area (Å²) in [6, 6.07) is 17.3. The second-order valence-corrected chi connectivity index (χ2v) is 6.86. The molecule has 0 aliphatic carbocycles. The van der Waals surface area contributed by atoms with Crippen molar-refractivity contribution in [3.8, 4) is 17.2 Å². The van der Waals surface area contributed by atoms with Gasteiger partial charge in [0.05, 0.1) is 12.1 Å². The van der Waals surface area contributed by atoms with E-state index in [0.717, 1.165) is 5.56 Å². The Kier molecular flexibility index (Phi) is 4.94. The number of nitrogens with zero attached hydrogens (tertiary/aromatic N) is 1. The molecule has 1 amide bonds. The van der Waals surface area contributed by atoms with E-state index in [1.54, 1.807) is 61.7 Å². The Labute approximate surface area is 170 Å². The molecule has 1 aromatic heterocycles. The van der Waals surface area contributed by atoms with E-state index in [2.05, 4.69) is 10.3 Å². The van der Waals surface area contributed by atoms with Crippen LogP contribution < -0.4 is 10.1 Å². The van der Waals surface area contributed by atoms with E-state index < -0.39 is 0 Å². The Morgan fingerprint density at radius 2 is 1.93 bits per heavy atom. The summed E-state index contributed by atoms with van der Waals surface area (Å²) in [6.07, 6.45) is 0. The summed E-state index contributed by atoms with van der Waals surface area (Å²) in [5.74, 6) is 0.748. The zero-order chi connectivity index (χ0) is 19.7. The molecule has 0 saturated carbocycles. The molecule has 0 atom stereocenters. The second kappa shape index (κ2) is 7.54. The van der Waals surface area contributed by atoms with Crippen molar-refractivity contribution in [3.63, 3.8) is 0 Å². The molecule has 5 nitrogen and oxygen atoms in total. The number of halogens is 2. The van der Waals surface area contributed by atoms with Crippen LogP contribution in [0.3, 0.4) is 0 Å². The highest BCUT2D eigenvalue weighted by atomic mass is 35.5. The van der Waals surface area contributed by atoms with Crippen LogP contribution in [0.5, 0.6) is 5.75 Å². The van der Waals surface area contributed by atoms with Crippen LogP contribution in [-0.4, -0.2) is 18.0 Å². The van der Waals surface area contributed by atoms with E-state index in [1.165, 1.54) is 0 Å².